The summed E-state index contributed by atoms with van der Waals surface area (Å²) in [6.45, 7) is 6.98. The lowest BCUT2D eigenvalue weighted by molar-refractivity contribution is -0.137. The van der Waals surface area contributed by atoms with Crippen LogP contribution in [-0.4, -0.2) is 65.9 Å². The fourth-order valence-corrected chi connectivity index (χ4v) is 6.23. The van der Waals surface area contributed by atoms with Crippen LogP contribution in [0.25, 0.3) is 0 Å². The van der Waals surface area contributed by atoms with Crippen LogP contribution in [0, 0.1) is 5.92 Å². The number of halogens is 1. The zero-order valence-corrected chi connectivity index (χ0v) is 26.4. The molecule has 0 saturated carbocycles. The highest BCUT2D eigenvalue weighted by molar-refractivity contribution is 6.30. The molecule has 0 spiro atoms. The summed E-state index contributed by atoms with van der Waals surface area (Å²) in [5.41, 5.74) is 3.80. The third-order valence-electron chi connectivity index (χ3n) is 8.52. The third-order valence-corrected chi connectivity index (χ3v) is 8.77. The third kappa shape index (κ3) is 10.6. The van der Waals surface area contributed by atoms with E-state index in [1.54, 1.807) is 12.1 Å². The van der Waals surface area contributed by atoms with Gasteiger partial charge < -0.3 is 19.8 Å². The Morgan fingerprint density at radius 2 is 1.68 bits per heavy atom. The predicted octanol–water partition coefficient (Wildman–Crippen LogP) is 7.45. The Kier molecular flexibility index (Phi) is 12.9. The number of carboxylic acids is 2. The SMILES string of the molecule is CC1CN(CCCOc2ccccc2CCC(CCCCC(=O)O)Cc2ccc(C(=O)O)cc2)CCN1c1ccc(Cl)cc1. The number of anilines is 1. The van der Waals surface area contributed by atoms with Gasteiger partial charge in [-0.3, -0.25) is 9.69 Å². The number of unbranched alkanes of at least 4 members (excludes halogenated alkanes) is 1. The van der Waals surface area contributed by atoms with E-state index in [0.717, 1.165) is 81.0 Å². The highest BCUT2D eigenvalue weighted by atomic mass is 35.5. The van der Waals surface area contributed by atoms with Crippen molar-refractivity contribution in [3.05, 3.63) is 94.5 Å². The van der Waals surface area contributed by atoms with E-state index in [2.05, 4.69) is 47.1 Å². The number of rotatable bonds is 17. The van der Waals surface area contributed by atoms with Gasteiger partial charge in [0.05, 0.1) is 12.2 Å². The lowest BCUT2D eigenvalue weighted by atomic mass is 9.88. The number of piperazine rings is 1. The summed E-state index contributed by atoms with van der Waals surface area (Å²) in [4.78, 5) is 27.2. The topological polar surface area (TPSA) is 90.3 Å². The van der Waals surface area contributed by atoms with Gasteiger partial charge in [-0.1, -0.05) is 54.8 Å². The molecule has 1 heterocycles. The molecule has 8 heteroatoms. The molecule has 0 aromatic heterocycles. The molecule has 2 N–H and O–H groups in total. The number of aromatic carboxylic acids is 1. The van der Waals surface area contributed by atoms with Crippen molar-refractivity contribution in [3.8, 4) is 5.75 Å². The molecule has 0 radical (unpaired) electrons. The first-order valence-corrected chi connectivity index (χ1v) is 16.2. The number of hydrogen-bond acceptors (Lipinski definition) is 5. The minimum atomic E-state index is -0.926. The van der Waals surface area contributed by atoms with Crippen molar-refractivity contribution in [1.29, 1.82) is 0 Å². The smallest absolute Gasteiger partial charge is 0.335 e. The lowest BCUT2D eigenvalue weighted by Gasteiger charge is -2.41. The van der Waals surface area contributed by atoms with Crippen LogP contribution in [0.3, 0.4) is 0 Å². The Labute approximate surface area is 266 Å². The second-order valence-corrected chi connectivity index (χ2v) is 12.3. The first kappa shape index (κ1) is 33.3. The van der Waals surface area contributed by atoms with Crippen molar-refractivity contribution < 1.29 is 24.5 Å². The highest BCUT2D eigenvalue weighted by Gasteiger charge is 2.23. The second kappa shape index (κ2) is 17.1. The molecule has 44 heavy (non-hydrogen) atoms. The number of carbonyl (C=O) groups is 2. The van der Waals surface area contributed by atoms with Crippen molar-refractivity contribution in [1.82, 2.24) is 4.90 Å². The van der Waals surface area contributed by atoms with Gasteiger partial charge in [-0.05, 0) is 98.5 Å². The Balaban J connectivity index is 1.25. The zero-order valence-electron chi connectivity index (χ0n) is 25.7. The van der Waals surface area contributed by atoms with E-state index in [0.29, 0.717) is 25.0 Å². The van der Waals surface area contributed by atoms with Crippen molar-refractivity contribution in [2.24, 2.45) is 5.92 Å². The minimum absolute atomic E-state index is 0.188. The van der Waals surface area contributed by atoms with E-state index < -0.39 is 11.9 Å². The maximum atomic E-state index is 11.2. The number of aliphatic carboxylic acids is 1. The summed E-state index contributed by atoms with van der Waals surface area (Å²) in [6, 6.07) is 23.9. The molecule has 1 saturated heterocycles. The molecule has 0 bridgehead atoms. The van der Waals surface area contributed by atoms with Gasteiger partial charge in [0.25, 0.3) is 0 Å². The molecule has 3 aromatic rings. The molecule has 4 rings (SSSR count). The summed E-state index contributed by atoms with van der Waals surface area (Å²) in [7, 11) is 0. The summed E-state index contributed by atoms with van der Waals surface area (Å²) < 4.78 is 6.30. The van der Waals surface area contributed by atoms with Gasteiger partial charge in [0.15, 0.2) is 0 Å². The van der Waals surface area contributed by atoms with E-state index in [4.69, 9.17) is 21.4 Å². The number of aryl methyl sites for hydroxylation is 1. The van der Waals surface area contributed by atoms with Gasteiger partial charge in [-0.15, -0.1) is 0 Å². The molecule has 1 fully saturated rings. The van der Waals surface area contributed by atoms with Crippen LogP contribution in [0.2, 0.25) is 5.02 Å². The Morgan fingerprint density at radius 1 is 0.932 bits per heavy atom. The molecule has 7 nitrogen and oxygen atoms in total. The minimum Gasteiger partial charge on any atom is -0.493 e. The number of carboxylic acid groups (broad SMARTS) is 2. The fraction of sp³-hybridized carbons (Fsp3) is 0.444. The van der Waals surface area contributed by atoms with Crippen molar-refractivity contribution >= 4 is 29.2 Å². The number of para-hydroxylation sites is 1. The first-order chi connectivity index (χ1) is 21.3. The van der Waals surface area contributed by atoms with Gasteiger partial charge in [0.1, 0.15) is 5.75 Å². The van der Waals surface area contributed by atoms with Crippen molar-refractivity contribution in [3.63, 3.8) is 0 Å². The van der Waals surface area contributed by atoms with Crippen molar-refractivity contribution in [2.45, 2.75) is 64.3 Å². The molecule has 2 unspecified atom stereocenters. The Bertz CT molecular complexity index is 1330. The average Bonchev–Trinajstić information content (AvgIpc) is 3.01. The summed E-state index contributed by atoms with van der Waals surface area (Å²) >= 11 is 6.07. The van der Waals surface area contributed by atoms with Crippen LogP contribution < -0.4 is 9.64 Å². The Morgan fingerprint density at radius 3 is 2.39 bits per heavy atom. The molecular formula is C36H45ClN2O5. The van der Waals surface area contributed by atoms with Crippen LogP contribution in [0.15, 0.2) is 72.8 Å². The van der Waals surface area contributed by atoms with Crippen LogP contribution in [0.5, 0.6) is 5.75 Å². The molecule has 1 aliphatic rings. The maximum absolute atomic E-state index is 11.2. The van der Waals surface area contributed by atoms with E-state index in [-0.39, 0.29) is 12.0 Å². The van der Waals surface area contributed by atoms with Crippen LogP contribution in [-0.2, 0) is 17.6 Å². The fourth-order valence-electron chi connectivity index (χ4n) is 6.11. The van der Waals surface area contributed by atoms with E-state index in [9.17, 15) is 14.7 Å². The van der Waals surface area contributed by atoms with Gasteiger partial charge in [0, 0.05) is 49.4 Å². The van der Waals surface area contributed by atoms with Gasteiger partial charge in [0.2, 0.25) is 0 Å². The van der Waals surface area contributed by atoms with Gasteiger partial charge in [-0.2, -0.15) is 0 Å². The predicted molar refractivity (Wildman–Crippen MR) is 176 cm³/mol. The second-order valence-electron chi connectivity index (χ2n) is 11.9. The van der Waals surface area contributed by atoms with Crippen LogP contribution in [0.1, 0.15) is 66.9 Å². The molecule has 0 amide bonds. The normalized spacial score (nSPS) is 16.0. The zero-order chi connectivity index (χ0) is 31.3. The van der Waals surface area contributed by atoms with Gasteiger partial charge >= 0.3 is 11.9 Å². The molecule has 236 valence electrons. The molecular weight excluding hydrogens is 576 g/mol. The monoisotopic (exact) mass is 620 g/mol. The van der Waals surface area contributed by atoms with E-state index >= 15 is 0 Å². The quantitative estimate of drug-likeness (QED) is 0.151. The van der Waals surface area contributed by atoms with E-state index in [1.807, 2.05) is 30.3 Å². The number of benzene rings is 3. The Hall–Kier alpha value is -3.55. The number of hydrogen-bond donors (Lipinski definition) is 2. The van der Waals surface area contributed by atoms with E-state index in [1.165, 1.54) is 11.3 Å². The van der Waals surface area contributed by atoms with Crippen LogP contribution in [0.4, 0.5) is 5.69 Å². The summed E-state index contributed by atoms with van der Waals surface area (Å²) in [5, 5.41) is 19.0. The lowest BCUT2D eigenvalue weighted by Crippen LogP contribution is -2.52. The average molecular weight is 621 g/mol. The van der Waals surface area contributed by atoms with Crippen LogP contribution >= 0.6 is 11.6 Å². The summed E-state index contributed by atoms with van der Waals surface area (Å²) in [6.07, 6.45) is 6.25. The first-order valence-electron chi connectivity index (χ1n) is 15.8. The highest BCUT2D eigenvalue weighted by Crippen LogP contribution is 2.27. The number of ether oxygens (including phenoxy) is 1. The standard InChI is InChI=1S/C36H45ClN2O5/c1-27-26-38(22-23-39(27)33-19-17-32(37)18-20-33)21-6-24-44-34-9-4-3-8-30(34)14-11-28(7-2-5-10-35(40)41)25-29-12-15-31(16-13-29)36(42)43/h3-4,8-9,12-13,15-20,27-28H,2,5-7,10-11,14,21-26H2,1H3,(H,40,41)(H,42,43). The summed E-state index contributed by atoms with van der Waals surface area (Å²) in [5.74, 6) is -0.388. The number of nitrogens with zero attached hydrogens (tertiary/aromatic N) is 2. The molecule has 2 atom stereocenters. The van der Waals surface area contributed by atoms with Gasteiger partial charge in [-0.25, -0.2) is 4.79 Å². The molecule has 1 aliphatic heterocycles. The maximum Gasteiger partial charge on any atom is 0.335 e. The largest absolute Gasteiger partial charge is 0.493 e. The van der Waals surface area contributed by atoms with Crippen molar-refractivity contribution in [2.75, 3.05) is 37.7 Å². The molecule has 3 aromatic carbocycles. The molecule has 0 aliphatic carbocycles.